The fourth-order valence-corrected chi connectivity index (χ4v) is 3.87. The minimum atomic E-state index is -1.04. The van der Waals surface area contributed by atoms with Gasteiger partial charge in [0.05, 0.1) is 0 Å². The van der Waals surface area contributed by atoms with Crippen molar-refractivity contribution in [1.82, 2.24) is 10.6 Å². The van der Waals surface area contributed by atoms with Crippen molar-refractivity contribution >= 4 is 18.0 Å². The molecule has 0 fully saturated rings. The molecule has 0 saturated carbocycles. The van der Waals surface area contributed by atoms with E-state index in [0.717, 1.165) is 22.3 Å². The van der Waals surface area contributed by atoms with Crippen LogP contribution in [0.2, 0.25) is 0 Å². The molecule has 0 heterocycles. The second kappa shape index (κ2) is 10.1. The van der Waals surface area contributed by atoms with Crippen LogP contribution in [0.3, 0.4) is 0 Å². The summed E-state index contributed by atoms with van der Waals surface area (Å²) in [6.45, 7) is 7.84. The Bertz CT molecular complexity index is 985. The van der Waals surface area contributed by atoms with Gasteiger partial charge in [-0.1, -0.05) is 62.4 Å². The van der Waals surface area contributed by atoms with Gasteiger partial charge in [-0.2, -0.15) is 0 Å². The number of nitrogens with one attached hydrogen (secondary N) is 2. The number of carbonyl (C=O) groups is 3. The summed E-state index contributed by atoms with van der Waals surface area (Å²) in [5.74, 6) is -1.42. The summed E-state index contributed by atoms with van der Waals surface area (Å²) in [6, 6.07) is 15.0. The first-order chi connectivity index (χ1) is 15.6. The van der Waals surface area contributed by atoms with Gasteiger partial charge in [0.1, 0.15) is 12.6 Å². The van der Waals surface area contributed by atoms with Gasteiger partial charge in [0.15, 0.2) is 0 Å². The molecule has 3 N–H and O–H groups in total. The van der Waals surface area contributed by atoms with Crippen LogP contribution in [-0.4, -0.2) is 41.3 Å². The number of carbonyl (C=O) groups excluding carboxylic acids is 2. The molecule has 2 aromatic carbocycles. The second-order valence-corrected chi connectivity index (χ2v) is 9.32. The van der Waals surface area contributed by atoms with Crippen LogP contribution in [0.15, 0.2) is 48.5 Å². The fraction of sp³-hybridized carbons (Fsp3) is 0.423. The second-order valence-electron chi connectivity index (χ2n) is 9.32. The maximum Gasteiger partial charge on any atom is 0.407 e. The summed E-state index contributed by atoms with van der Waals surface area (Å²) in [7, 11) is 0. The van der Waals surface area contributed by atoms with E-state index in [0.29, 0.717) is 0 Å². The van der Waals surface area contributed by atoms with E-state index < -0.39 is 29.6 Å². The van der Waals surface area contributed by atoms with Crippen LogP contribution in [-0.2, 0) is 14.3 Å². The van der Waals surface area contributed by atoms with Crippen molar-refractivity contribution in [3.05, 3.63) is 59.7 Å². The standard InChI is InChI=1S/C26H32N2O5/c1-16(2)26(3,4)28-24(31)22(13-14-23(29)30)27-25(32)33-15-21-19-11-7-5-9-17(19)18-10-6-8-12-20(18)21/h5-12,16,21-22H,13-15H2,1-4H3,(H,27,32)(H,28,31)(H,29,30). The molecule has 1 aliphatic rings. The maximum atomic E-state index is 12.8. The number of fused-ring (bicyclic) bond motifs is 3. The number of alkyl carbamates (subject to hydrolysis) is 1. The highest BCUT2D eigenvalue weighted by molar-refractivity contribution is 5.86. The van der Waals surface area contributed by atoms with E-state index in [-0.39, 0.29) is 31.3 Å². The van der Waals surface area contributed by atoms with Gasteiger partial charge in [-0.25, -0.2) is 4.79 Å². The smallest absolute Gasteiger partial charge is 0.407 e. The van der Waals surface area contributed by atoms with E-state index in [1.54, 1.807) is 0 Å². The highest BCUT2D eigenvalue weighted by atomic mass is 16.5. The Morgan fingerprint density at radius 3 is 2.06 bits per heavy atom. The average molecular weight is 453 g/mol. The molecule has 7 heteroatoms. The molecule has 33 heavy (non-hydrogen) atoms. The molecule has 1 atom stereocenters. The Balaban J connectivity index is 1.68. The van der Waals surface area contributed by atoms with Crippen molar-refractivity contribution < 1.29 is 24.2 Å². The monoisotopic (exact) mass is 452 g/mol. The van der Waals surface area contributed by atoms with E-state index in [2.05, 4.69) is 22.8 Å². The lowest BCUT2D eigenvalue weighted by Gasteiger charge is -2.32. The molecule has 0 aliphatic heterocycles. The number of ether oxygens (including phenoxy) is 1. The molecule has 0 bridgehead atoms. The van der Waals surface area contributed by atoms with Gasteiger partial charge in [-0.15, -0.1) is 0 Å². The number of aliphatic carboxylic acids is 1. The first-order valence-corrected chi connectivity index (χ1v) is 11.3. The topological polar surface area (TPSA) is 105 Å². The van der Waals surface area contributed by atoms with Gasteiger partial charge >= 0.3 is 12.1 Å². The third-order valence-electron chi connectivity index (χ3n) is 6.49. The van der Waals surface area contributed by atoms with Crippen molar-refractivity contribution in [2.45, 2.75) is 58.0 Å². The highest BCUT2D eigenvalue weighted by Gasteiger charge is 2.32. The number of rotatable bonds is 9. The number of hydrogen-bond donors (Lipinski definition) is 3. The zero-order valence-corrected chi connectivity index (χ0v) is 19.6. The van der Waals surface area contributed by atoms with E-state index >= 15 is 0 Å². The van der Waals surface area contributed by atoms with Crippen LogP contribution >= 0.6 is 0 Å². The average Bonchev–Trinajstić information content (AvgIpc) is 3.08. The number of amides is 2. The van der Waals surface area contributed by atoms with Crippen LogP contribution in [0.1, 0.15) is 57.6 Å². The van der Waals surface area contributed by atoms with Gasteiger partial charge in [-0.05, 0) is 48.4 Å². The van der Waals surface area contributed by atoms with Crippen molar-refractivity contribution in [1.29, 1.82) is 0 Å². The highest BCUT2D eigenvalue weighted by Crippen LogP contribution is 2.44. The molecule has 2 aromatic rings. The predicted molar refractivity (Wildman–Crippen MR) is 126 cm³/mol. The zero-order valence-electron chi connectivity index (χ0n) is 19.6. The number of carboxylic acids is 1. The van der Waals surface area contributed by atoms with E-state index in [1.165, 1.54) is 0 Å². The summed E-state index contributed by atoms with van der Waals surface area (Å²) in [5, 5.41) is 14.5. The maximum absolute atomic E-state index is 12.8. The number of hydrogen-bond acceptors (Lipinski definition) is 4. The van der Waals surface area contributed by atoms with Gasteiger partial charge in [0, 0.05) is 17.9 Å². The molecule has 0 spiro atoms. The Morgan fingerprint density at radius 2 is 1.55 bits per heavy atom. The Labute approximate surface area is 194 Å². The molecule has 0 aromatic heterocycles. The molecule has 3 rings (SSSR count). The van der Waals surface area contributed by atoms with E-state index in [9.17, 15) is 14.4 Å². The van der Waals surface area contributed by atoms with Crippen LogP contribution in [0.4, 0.5) is 4.79 Å². The van der Waals surface area contributed by atoms with Crippen molar-refractivity contribution in [2.24, 2.45) is 5.92 Å². The third-order valence-corrected chi connectivity index (χ3v) is 6.49. The van der Waals surface area contributed by atoms with Gasteiger partial charge in [-0.3, -0.25) is 9.59 Å². The lowest BCUT2D eigenvalue weighted by atomic mass is 9.90. The van der Waals surface area contributed by atoms with Gasteiger partial charge in [0.25, 0.3) is 0 Å². The first kappa shape index (κ1) is 24.3. The van der Waals surface area contributed by atoms with E-state index in [4.69, 9.17) is 9.84 Å². The molecule has 1 aliphatic carbocycles. The summed E-state index contributed by atoms with van der Waals surface area (Å²) in [5.41, 5.74) is 3.91. The van der Waals surface area contributed by atoms with Crippen LogP contribution in [0.25, 0.3) is 11.1 Å². The molecular weight excluding hydrogens is 420 g/mol. The van der Waals surface area contributed by atoms with Crippen molar-refractivity contribution in [3.8, 4) is 11.1 Å². The molecule has 7 nitrogen and oxygen atoms in total. The Morgan fingerprint density at radius 1 is 1.00 bits per heavy atom. The molecule has 1 unspecified atom stereocenters. The summed E-state index contributed by atoms with van der Waals surface area (Å²) in [4.78, 5) is 36.5. The van der Waals surface area contributed by atoms with E-state index in [1.807, 2.05) is 64.1 Å². The molecular formula is C26H32N2O5. The first-order valence-electron chi connectivity index (χ1n) is 11.3. The van der Waals surface area contributed by atoms with Crippen LogP contribution < -0.4 is 10.6 Å². The van der Waals surface area contributed by atoms with Crippen LogP contribution in [0.5, 0.6) is 0 Å². The summed E-state index contributed by atoms with van der Waals surface area (Å²) in [6.07, 6.45) is -1.02. The third kappa shape index (κ3) is 5.72. The molecule has 0 radical (unpaired) electrons. The Hall–Kier alpha value is -3.35. The lowest BCUT2D eigenvalue weighted by Crippen LogP contribution is -2.55. The number of benzene rings is 2. The van der Waals surface area contributed by atoms with Crippen LogP contribution in [0, 0.1) is 5.92 Å². The minimum Gasteiger partial charge on any atom is -0.481 e. The normalized spacial score (nSPS) is 13.7. The Kier molecular flexibility index (Phi) is 7.41. The summed E-state index contributed by atoms with van der Waals surface area (Å²) >= 11 is 0. The van der Waals surface area contributed by atoms with Gasteiger partial charge < -0.3 is 20.5 Å². The molecule has 2 amide bonds. The van der Waals surface area contributed by atoms with Gasteiger partial charge in [0.2, 0.25) is 5.91 Å². The number of carboxylic acid groups (broad SMARTS) is 1. The SMILES string of the molecule is CC(C)C(C)(C)NC(=O)C(CCC(=O)O)NC(=O)OCC1c2ccccc2-c2ccccc21. The minimum absolute atomic E-state index is 0.0282. The molecule has 176 valence electrons. The quantitative estimate of drug-likeness (QED) is 0.526. The summed E-state index contributed by atoms with van der Waals surface area (Å²) < 4.78 is 5.53. The fourth-order valence-electron chi connectivity index (χ4n) is 3.87. The van der Waals surface area contributed by atoms with Crippen molar-refractivity contribution in [3.63, 3.8) is 0 Å². The largest absolute Gasteiger partial charge is 0.481 e. The zero-order chi connectivity index (χ0) is 24.2. The predicted octanol–water partition coefficient (Wildman–Crippen LogP) is 4.31. The van der Waals surface area contributed by atoms with Crippen molar-refractivity contribution in [2.75, 3.05) is 6.61 Å². The lowest BCUT2D eigenvalue weighted by molar-refractivity contribution is -0.137. The molecule has 0 saturated heterocycles.